The molecule has 0 radical (unpaired) electrons. The molecule has 8 heteroatoms. The molecule has 2 atom stereocenters. The van der Waals surface area contributed by atoms with Crippen LogP contribution in [-0.4, -0.2) is 48.2 Å². The molecule has 2 N–H and O–H groups in total. The van der Waals surface area contributed by atoms with E-state index in [9.17, 15) is 14.2 Å². The van der Waals surface area contributed by atoms with E-state index >= 15 is 0 Å². The van der Waals surface area contributed by atoms with Gasteiger partial charge in [0.2, 0.25) is 0 Å². The van der Waals surface area contributed by atoms with E-state index in [2.05, 4.69) is 9.05 Å². The Morgan fingerprint density at radius 1 is 1.00 bits per heavy atom. The van der Waals surface area contributed by atoms with Crippen molar-refractivity contribution in [1.82, 2.24) is 0 Å². The lowest BCUT2D eigenvalue weighted by Crippen LogP contribution is -2.15. The Labute approximate surface area is 93.3 Å². The van der Waals surface area contributed by atoms with E-state index in [1.807, 2.05) is 0 Å². The first-order chi connectivity index (χ1) is 7.60. The number of hydrogen-bond acceptors (Lipinski definition) is 7. The van der Waals surface area contributed by atoms with Gasteiger partial charge in [0.15, 0.2) is 0 Å². The zero-order valence-electron chi connectivity index (χ0n) is 8.52. The van der Waals surface area contributed by atoms with Crippen LogP contribution in [0, 0.1) is 0 Å². The van der Waals surface area contributed by atoms with Gasteiger partial charge in [0.05, 0.1) is 12.2 Å². The van der Waals surface area contributed by atoms with Gasteiger partial charge < -0.3 is 19.8 Å². The minimum atomic E-state index is -2.47. The Hall–Kier alpha value is -0.720. The number of carbonyl (C=O) groups is 2. The summed E-state index contributed by atoms with van der Waals surface area (Å²) in [6.45, 7) is -0.588. The molecule has 7 nitrogen and oxygen atoms in total. The molecule has 0 fully saturated rings. The molecule has 0 saturated heterocycles. The van der Waals surface area contributed by atoms with Gasteiger partial charge >= 0.3 is 8.25 Å². The second-order valence-electron chi connectivity index (χ2n) is 2.93. The summed E-state index contributed by atoms with van der Waals surface area (Å²) in [5.41, 5.74) is 0. The van der Waals surface area contributed by atoms with Crippen LogP contribution in [0.25, 0.3) is 0 Å². The summed E-state index contributed by atoms with van der Waals surface area (Å²) in [7, 11) is -2.47. The SMILES string of the molecule is O=CCC(O)CO[P+](=O)OCC(O)CC=O. The van der Waals surface area contributed by atoms with Crippen molar-refractivity contribution in [2.45, 2.75) is 25.0 Å². The number of rotatable bonds is 10. The second kappa shape index (κ2) is 9.50. The third-order valence-electron chi connectivity index (χ3n) is 1.48. The lowest BCUT2D eigenvalue weighted by Gasteiger charge is -2.01. The van der Waals surface area contributed by atoms with Crippen LogP contribution >= 0.6 is 8.25 Å². The maximum Gasteiger partial charge on any atom is 0.697 e. The quantitative estimate of drug-likeness (QED) is 0.401. The maximum absolute atomic E-state index is 11.0. The third kappa shape index (κ3) is 8.58. The lowest BCUT2D eigenvalue weighted by atomic mass is 10.3. The molecule has 0 aliphatic carbocycles. The molecular formula is C8H14O7P+. The number of carbonyl (C=O) groups excluding carboxylic acids is 2. The fourth-order valence-electron chi connectivity index (χ4n) is 0.689. The Balaban J connectivity index is 3.58. The van der Waals surface area contributed by atoms with Crippen molar-refractivity contribution in [3.05, 3.63) is 0 Å². The molecule has 0 bridgehead atoms. The molecule has 0 rings (SSSR count). The minimum Gasteiger partial charge on any atom is -0.390 e. The number of hydrogen-bond donors (Lipinski definition) is 2. The Morgan fingerprint density at radius 2 is 1.38 bits per heavy atom. The smallest absolute Gasteiger partial charge is 0.390 e. The summed E-state index contributed by atoms with van der Waals surface area (Å²) < 4.78 is 20.1. The van der Waals surface area contributed by atoms with Crippen LogP contribution in [0.5, 0.6) is 0 Å². The van der Waals surface area contributed by atoms with Gasteiger partial charge in [0.25, 0.3) is 0 Å². The zero-order valence-corrected chi connectivity index (χ0v) is 9.42. The normalized spacial score (nSPS) is 15.2. The van der Waals surface area contributed by atoms with Crippen molar-refractivity contribution in [2.24, 2.45) is 0 Å². The molecule has 0 saturated carbocycles. The summed E-state index contributed by atoms with van der Waals surface area (Å²) >= 11 is 0. The van der Waals surface area contributed by atoms with Crippen molar-refractivity contribution >= 4 is 20.8 Å². The molecule has 16 heavy (non-hydrogen) atoms. The van der Waals surface area contributed by atoms with Crippen molar-refractivity contribution < 1.29 is 33.4 Å². The van der Waals surface area contributed by atoms with E-state index < -0.39 is 20.5 Å². The largest absolute Gasteiger partial charge is 0.697 e. The molecule has 0 aliphatic rings. The highest BCUT2D eigenvalue weighted by atomic mass is 31.1. The van der Waals surface area contributed by atoms with Gasteiger partial charge in [-0.25, -0.2) is 0 Å². The van der Waals surface area contributed by atoms with Crippen molar-refractivity contribution in [2.75, 3.05) is 13.2 Å². The maximum atomic E-state index is 11.0. The van der Waals surface area contributed by atoms with Gasteiger partial charge in [0.1, 0.15) is 25.8 Å². The highest BCUT2D eigenvalue weighted by Gasteiger charge is 2.24. The van der Waals surface area contributed by atoms with Gasteiger partial charge in [-0.15, -0.1) is 9.05 Å². The first-order valence-corrected chi connectivity index (χ1v) is 5.66. The first-order valence-electron chi connectivity index (χ1n) is 4.56. The Morgan fingerprint density at radius 3 is 1.69 bits per heavy atom. The average Bonchev–Trinajstić information content (AvgIpc) is 2.24. The van der Waals surface area contributed by atoms with Gasteiger partial charge in [-0.05, 0) is 0 Å². The number of aldehydes is 2. The van der Waals surface area contributed by atoms with E-state index in [0.717, 1.165) is 0 Å². The second-order valence-corrected chi connectivity index (χ2v) is 3.89. The Bertz CT molecular complexity index is 210. The van der Waals surface area contributed by atoms with Crippen LogP contribution in [0.15, 0.2) is 0 Å². The van der Waals surface area contributed by atoms with Crippen LogP contribution < -0.4 is 0 Å². The van der Waals surface area contributed by atoms with Crippen molar-refractivity contribution in [3.63, 3.8) is 0 Å². The molecule has 0 spiro atoms. The highest BCUT2D eigenvalue weighted by molar-refractivity contribution is 7.33. The zero-order chi connectivity index (χ0) is 12.4. The summed E-state index contributed by atoms with van der Waals surface area (Å²) in [5.74, 6) is 0. The summed E-state index contributed by atoms with van der Waals surface area (Å²) in [6.07, 6.45) is -1.26. The molecule has 0 heterocycles. The lowest BCUT2D eigenvalue weighted by molar-refractivity contribution is -0.110. The standard InChI is InChI=1S/C8H14O7P/c9-3-1-7(11)5-14-16(13)15-6-8(12)2-4-10/h3-4,7-8,11-12H,1-2,5-6H2/q+1. The van der Waals surface area contributed by atoms with Crippen LogP contribution in [0.1, 0.15) is 12.8 Å². The molecule has 2 unspecified atom stereocenters. The molecule has 0 aliphatic heterocycles. The van der Waals surface area contributed by atoms with Crippen molar-refractivity contribution in [3.8, 4) is 0 Å². The summed E-state index contributed by atoms with van der Waals surface area (Å²) in [4.78, 5) is 19.9. The molecule has 0 aromatic heterocycles. The van der Waals surface area contributed by atoms with Gasteiger partial charge in [-0.3, -0.25) is 0 Å². The average molecular weight is 253 g/mol. The third-order valence-corrected chi connectivity index (χ3v) is 2.20. The predicted molar refractivity (Wildman–Crippen MR) is 52.9 cm³/mol. The Kier molecular flexibility index (Phi) is 9.07. The van der Waals surface area contributed by atoms with Gasteiger partial charge in [-0.1, -0.05) is 0 Å². The molecule has 0 aromatic carbocycles. The van der Waals surface area contributed by atoms with Crippen molar-refractivity contribution in [1.29, 1.82) is 0 Å². The molecule has 92 valence electrons. The highest BCUT2D eigenvalue weighted by Crippen LogP contribution is 2.24. The van der Waals surface area contributed by atoms with E-state index in [0.29, 0.717) is 12.6 Å². The van der Waals surface area contributed by atoms with Crippen LogP contribution in [0.3, 0.4) is 0 Å². The van der Waals surface area contributed by atoms with Crippen LogP contribution in [0.4, 0.5) is 0 Å². The van der Waals surface area contributed by atoms with E-state index in [1.165, 1.54) is 0 Å². The van der Waals surface area contributed by atoms with Crippen LogP contribution in [0.2, 0.25) is 0 Å². The fraction of sp³-hybridized carbons (Fsp3) is 0.750. The first kappa shape index (κ1) is 15.3. The number of aliphatic hydroxyl groups excluding tert-OH is 2. The van der Waals surface area contributed by atoms with E-state index in [-0.39, 0.29) is 26.1 Å². The topological polar surface area (TPSA) is 110 Å². The fourth-order valence-corrected chi connectivity index (χ4v) is 1.35. The predicted octanol–water partition coefficient (Wildman–Crippen LogP) is -0.423. The monoisotopic (exact) mass is 253 g/mol. The summed E-state index contributed by atoms with van der Waals surface area (Å²) in [6, 6.07) is 0. The molecule has 0 aromatic rings. The van der Waals surface area contributed by atoms with Gasteiger partial charge in [0, 0.05) is 17.4 Å². The minimum absolute atomic E-state index is 0.114. The summed E-state index contributed by atoms with van der Waals surface area (Å²) in [5, 5.41) is 18.0. The van der Waals surface area contributed by atoms with E-state index in [1.54, 1.807) is 0 Å². The van der Waals surface area contributed by atoms with E-state index in [4.69, 9.17) is 10.2 Å². The van der Waals surface area contributed by atoms with Crippen LogP contribution in [-0.2, 0) is 23.2 Å². The van der Waals surface area contributed by atoms with Gasteiger partial charge in [-0.2, -0.15) is 0 Å². The molecular weight excluding hydrogens is 239 g/mol. The molecule has 0 amide bonds. The number of aliphatic hydroxyl groups is 2.